The summed E-state index contributed by atoms with van der Waals surface area (Å²) in [5, 5.41) is 5.77. The zero-order valence-electron chi connectivity index (χ0n) is 11.0. The molecule has 0 radical (unpaired) electrons. The summed E-state index contributed by atoms with van der Waals surface area (Å²) in [6.45, 7) is 0.891. The maximum absolute atomic E-state index is 12.5. The highest BCUT2D eigenvalue weighted by Gasteiger charge is 2.29. The van der Waals surface area contributed by atoms with Crippen molar-refractivity contribution in [2.24, 2.45) is 0 Å². The van der Waals surface area contributed by atoms with E-state index in [1.165, 1.54) is 18.2 Å². The van der Waals surface area contributed by atoms with Crippen molar-refractivity contribution in [3.8, 4) is 0 Å². The smallest absolute Gasteiger partial charge is 0.326 e. The number of hydrogen-bond acceptors (Lipinski definition) is 2. The van der Waals surface area contributed by atoms with Crippen molar-refractivity contribution < 1.29 is 18.0 Å². The Labute approximate surface area is 115 Å². The summed E-state index contributed by atoms with van der Waals surface area (Å²) < 4.78 is 37.4. The minimum absolute atomic E-state index is 0.0905. The molecule has 6 heteroatoms. The Balaban J connectivity index is 1.99. The summed E-state index contributed by atoms with van der Waals surface area (Å²) in [6, 6.07) is 6.17. The van der Waals surface area contributed by atoms with E-state index in [4.69, 9.17) is 0 Å². The minimum Gasteiger partial charge on any atom is -0.326 e. The van der Waals surface area contributed by atoms with E-state index in [0.29, 0.717) is 6.42 Å². The molecule has 1 saturated heterocycles. The molecule has 0 aromatic heterocycles. The van der Waals surface area contributed by atoms with Gasteiger partial charge in [0.2, 0.25) is 5.91 Å². The summed E-state index contributed by atoms with van der Waals surface area (Å²) in [6.07, 6.45) is -3.07. The third-order valence-electron chi connectivity index (χ3n) is 3.28. The number of carbonyl (C=O) groups is 1. The topological polar surface area (TPSA) is 41.1 Å². The van der Waals surface area contributed by atoms with Crippen LogP contribution in [-0.4, -0.2) is 24.7 Å². The Kier molecular flexibility index (Phi) is 4.65. The molecular weight excluding hydrogens is 269 g/mol. The lowest BCUT2D eigenvalue weighted by Crippen LogP contribution is -2.27. The molecule has 1 aromatic rings. The fraction of sp³-hybridized carbons (Fsp3) is 0.500. The molecule has 1 fully saturated rings. The predicted octanol–water partition coefficient (Wildman–Crippen LogP) is 2.87. The SMILES string of the molecule is O=C(CC1CCCN1)Nc1ccccc1CC(F)(F)F. The number of anilines is 1. The second kappa shape index (κ2) is 6.26. The van der Waals surface area contributed by atoms with Gasteiger partial charge in [-0.15, -0.1) is 0 Å². The quantitative estimate of drug-likeness (QED) is 0.893. The van der Waals surface area contributed by atoms with E-state index in [9.17, 15) is 18.0 Å². The normalized spacial score (nSPS) is 19.1. The number of hydrogen-bond donors (Lipinski definition) is 2. The Bertz CT molecular complexity index is 468. The van der Waals surface area contributed by atoms with Gasteiger partial charge in [-0.2, -0.15) is 13.2 Å². The van der Waals surface area contributed by atoms with Crippen LogP contribution < -0.4 is 10.6 Å². The van der Waals surface area contributed by atoms with Gasteiger partial charge in [-0.25, -0.2) is 0 Å². The second-order valence-corrected chi connectivity index (χ2v) is 4.99. The Hall–Kier alpha value is -1.56. The zero-order valence-corrected chi connectivity index (χ0v) is 11.0. The lowest BCUT2D eigenvalue weighted by atomic mass is 10.1. The first-order valence-electron chi connectivity index (χ1n) is 6.62. The summed E-state index contributed by atoms with van der Waals surface area (Å²) in [5.41, 5.74) is 0.334. The maximum atomic E-state index is 12.5. The van der Waals surface area contributed by atoms with Crippen molar-refractivity contribution in [2.45, 2.75) is 37.9 Å². The van der Waals surface area contributed by atoms with E-state index in [1.54, 1.807) is 6.07 Å². The molecule has 2 N–H and O–H groups in total. The lowest BCUT2D eigenvalue weighted by Gasteiger charge is -2.14. The molecule has 0 aliphatic carbocycles. The van der Waals surface area contributed by atoms with Crippen LogP contribution in [0.1, 0.15) is 24.8 Å². The van der Waals surface area contributed by atoms with E-state index in [2.05, 4.69) is 10.6 Å². The molecule has 1 atom stereocenters. The van der Waals surface area contributed by atoms with Crippen LogP contribution >= 0.6 is 0 Å². The standard InChI is InChI=1S/C14H17F3N2O/c15-14(16,17)9-10-4-1-2-6-12(10)19-13(20)8-11-5-3-7-18-11/h1-2,4,6,11,18H,3,5,7-9H2,(H,19,20). The number of rotatable bonds is 4. The van der Waals surface area contributed by atoms with Gasteiger partial charge >= 0.3 is 6.18 Å². The number of alkyl halides is 3. The van der Waals surface area contributed by atoms with Gasteiger partial charge in [0.25, 0.3) is 0 Å². The summed E-state index contributed by atoms with van der Waals surface area (Å²) in [5.74, 6) is -0.251. The average Bonchev–Trinajstić information content (AvgIpc) is 2.82. The number of halogens is 3. The third kappa shape index (κ3) is 4.52. The Morgan fingerprint density at radius 2 is 2.10 bits per heavy atom. The minimum atomic E-state index is -4.28. The largest absolute Gasteiger partial charge is 0.393 e. The van der Waals surface area contributed by atoms with Crippen molar-refractivity contribution in [1.29, 1.82) is 0 Å². The van der Waals surface area contributed by atoms with Crippen LogP contribution in [0, 0.1) is 0 Å². The van der Waals surface area contributed by atoms with Gasteiger partial charge in [-0.05, 0) is 31.0 Å². The monoisotopic (exact) mass is 286 g/mol. The van der Waals surface area contributed by atoms with Crippen molar-refractivity contribution >= 4 is 11.6 Å². The zero-order chi connectivity index (χ0) is 14.6. The van der Waals surface area contributed by atoms with Gasteiger partial charge in [0.1, 0.15) is 0 Å². The molecular formula is C14H17F3N2O. The van der Waals surface area contributed by atoms with Crippen LogP contribution in [0.2, 0.25) is 0 Å². The highest BCUT2D eigenvalue weighted by atomic mass is 19.4. The van der Waals surface area contributed by atoms with Crippen LogP contribution in [0.15, 0.2) is 24.3 Å². The van der Waals surface area contributed by atoms with Crippen LogP contribution in [0.5, 0.6) is 0 Å². The summed E-state index contributed by atoms with van der Waals surface area (Å²) in [4.78, 5) is 11.9. The van der Waals surface area contributed by atoms with Crippen molar-refractivity contribution in [2.75, 3.05) is 11.9 Å². The third-order valence-corrected chi connectivity index (χ3v) is 3.28. The molecule has 1 aliphatic heterocycles. The second-order valence-electron chi connectivity index (χ2n) is 4.99. The predicted molar refractivity (Wildman–Crippen MR) is 70.5 cm³/mol. The van der Waals surface area contributed by atoms with E-state index in [0.717, 1.165) is 19.4 Å². The van der Waals surface area contributed by atoms with Gasteiger partial charge in [0.15, 0.2) is 0 Å². The van der Waals surface area contributed by atoms with Crippen LogP contribution in [0.3, 0.4) is 0 Å². The van der Waals surface area contributed by atoms with E-state index >= 15 is 0 Å². The molecule has 3 nitrogen and oxygen atoms in total. The highest BCUT2D eigenvalue weighted by Crippen LogP contribution is 2.26. The van der Waals surface area contributed by atoms with E-state index < -0.39 is 12.6 Å². The molecule has 20 heavy (non-hydrogen) atoms. The number of para-hydroxylation sites is 1. The first kappa shape index (κ1) is 14.8. The Morgan fingerprint density at radius 1 is 1.35 bits per heavy atom. The van der Waals surface area contributed by atoms with Crippen molar-refractivity contribution in [3.63, 3.8) is 0 Å². The average molecular weight is 286 g/mol. The summed E-state index contributed by atoms with van der Waals surface area (Å²) in [7, 11) is 0. The number of amides is 1. The van der Waals surface area contributed by atoms with Crippen LogP contribution in [0.25, 0.3) is 0 Å². The molecule has 0 spiro atoms. The van der Waals surface area contributed by atoms with Gasteiger partial charge in [0, 0.05) is 18.2 Å². The van der Waals surface area contributed by atoms with E-state index in [-0.39, 0.29) is 23.2 Å². The highest BCUT2D eigenvalue weighted by molar-refractivity contribution is 5.91. The fourth-order valence-corrected chi connectivity index (χ4v) is 2.37. The first-order valence-corrected chi connectivity index (χ1v) is 6.62. The molecule has 1 unspecified atom stereocenters. The number of benzene rings is 1. The Morgan fingerprint density at radius 3 is 2.75 bits per heavy atom. The molecule has 0 saturated carbocycles. The van der Waals surface area contributed by atoms with Gasteiger partial charge in [0.05, 0.1) is 6.42 Å². The van der Waals surface area contributed by atoms with E-state index in [1.807, 2.05) is 0 Å². The lowest BCUT2D eigenvalue weighted by molar-refractivity contribution is -0.127. The van der Waals surface area contributed by atoms with Gasteiger partial charge in [-0.3, -0.25) is 4.79 Å². The van der Waals surface area contributed by atoms with Crippen molar-refractivity contribution in [3.05, 3.63) is 29.8 Å². The summed E-state index contributed by atoms with van der Waals surface area (Å²) >= 11 is 0. The first-order chi connectivity index (χ1) is 9.44. The molecule has 1 amide bonds. The maximum Gasteiger partial charge on any atom is 0.393 e. The molecule has 2 rings (SSSR count). The van der Waals surface area contributed by atoms with Crippen LogP contribution in [0.4, 0.5) is 18.9 Å². The van der Waals surface area contributed by atoms with Gasteiger partial charge < -0.3 is 10.6 Å². The number of carbonyl (C=O) groups excluding carboxylic acids is 1. The number of nitrogens with one attached hydrogen (secondary N) is 2. The fourth-order valence-electron chi connectivity index (χ4n) is 2.37. The van der Waals surface area contributed by atoms with Gasteiger partial charge in [-0.1, -0.05) is 18.2 Å². The molecule has 1 aliphatic rings. The molecule has 0 bridgehead atoms. The molecule has 1 heterocycles. The van der Waals surface area contributed by atoms with Crippen LogP contribution in [-0.2, 0) is 11.2 Å². The molecule has 110 valence electrons. The molecule has 1 aromatic carbocycles. The van der Waals surface area contributed by atoms with Crippen molar-refractivity contribution in [1.82, 2.24) is 5.32 Å².